The maximum atomic E-state index is 12.1. The Morgan fingerprint density at radius 2 is 1.88 bits per heavy atom. The number of hydrogen-bond acceptors (Lipinski definition) is 4. The number of nitrogens with one attached hydrogen (secondary N) is 1. The lowest BCUT2D eigenvalue weighted by molar-refractivity contribution is -0.144. The van der Waals surface area contributed by atoms with Crippen molar-refractivity contribution in [2.24, 2.45) is 11.8 Å². The zero-order chi connectivity index (χ0) is 17.9. The molecular weight excluding hydrogens is 312 g/mol. The Labute approximate surface area is 143 Å². The molecule has 7 heteroatoms. The molecule has 0 bridgehead atoms. The van der Waals surface area contributed by atoms with Crippen LogP contribution in [0.2, 0.25) is 0 Å². The second-order valence-corrected chi connectivity index (χ2v) is 6.48. The lowest BCUT2D eigenvalue weighted by Crippen LogP contribution is -2.49. The number of unbranched alkanes of at least 4 members (excludes halogenated alkanes) is 3. The highest BCUT2D eigenvalue weighted by Gasteiger charge is 2.31. The van der Waals surface area contributed by atoms with Crippen LogP contribution >= 0.6 is 0 Å². The number of urea groups is 1. The van der Waals surface area contributed by atoms with E-state index in [1.165, 1.54) is 0 Å². The number of ether oxygens (including phenoxy) is 1. The highest BCUT2D eigenvalue weighted by molar-refractivity contribution is 5.76. The van der Waals surface area contributed by atoms with Gasteiger partial charge >= 0.3 is 18.0 Å². The second kappa shape index (κ2) is 10.9. The number of piperidine rings is 1. The van der Waals surface area contributed by atoms with Crippen LogP contribution in [-0.4, -0.2) is 54.2 Å². The molecule has 24 heavy (non-hydrogen) atoms. The van der Waals surface area contributed by atoms with Gasteiger partial charge in [0, 0.05) is 26.1 Å². The minimum absolute atomic E-state index is 0.155. The monoisotopic (exact) mass is 342 g/mol. The molecule has 2 N–H and O–H groups in total. The predicted octanol–water partition coefficient (Wildman–Crippen LogP) is 2.25. The summed E-state index contributed by atoms with van der Waals surface area (Å²) in [5, 5.41) is 12.0. The topological polar surface area (TPSA) is 95.9 Å². The molecule has 0 aromatic rings. The number of carbonyl (C=O) groups is 3. The van der Waals surface area contributed by atoms with E-state index in [2.05, 4.69) is 5.32 Å². The summed E-state index contributed by atoms with van der Waals surface area (Å²) in [6.45, 7) is 5.64. The Balaban J connectivity index is 2.13. The first-order valence-electron chi connectivity index (χ1n) is 8.85. The summed E-state index contributed by atoms with van der Waals surface area (Å²) in [7, 11) is 0. The molecule has 1 rings (SSSR count). The fourth-order valence-electron chi connectivity index (χ4n) is 2.98. The summed E-state index contributed by atoms with van der Waals surface area (Å²) in [4.78, 5) is 36.0. The largest absolute Gasteiger partial charge is 0.481 e. The van der Waals surface area contributed by atoms with Gasteiger partial charge in [-0.1, -0.05) is 19.8 Å². The third-order valence-electron chi connectivity index (χ3n) is 4.19. The molecule has 2 unspecified atom stereocenters. The molecule has 0 saturated carbocycles. The fraction of sp³-hybridized carbons (Fsp3) is 0.824. The van der Waals surface area contributed by atoms with Crippen molar-refractivity contribution in [2.75, 3.05) is 26.2 Å². The molecular formula is C17H30N2O5. The van der Waals surface area contributed by atoms with E-state index in [9.17, 15) is 14.4 Å². The summed E-state index contributed by atoms with van der Waals surface area (Å²) in [5.74, 6) is -1.25. The molecule has 138 valence electrons. The van der Waals surface area contributed by atoms with Crippen molar-refractivity contribution in [1.29, 1.82) is 0 Å². The fourth-order valence-corrected chi connectivity index (χ4v) is 2.98. The van der Waals surface area contributed by atoms with E-state index in [1.54, 1.807) is 11.8 Å². The molecule has 1 aliphatic heterocycles. The lowest BCUT2D eigenvalue weighted by atomic mass is 9.91. The third kappa shape index (κ3) is 7.66. The van der Waals surface area contributed by atoms with Crippen molar-refractivity contribution >= 4 is 18.0 Å². The summed E-state index contributed by atoms with van der Waals surface area (Å²) >= 11 is 0. The SMILES string of the molecule is CCOC(=O)CCCCCCNC(=O)N1CC(C)CC(C(=O)O)C1. The van der Waals surface area contributed by atoms with E-state index < -0.39 is 11.9 Å². The van der Waals surface area contributed by atoms with Gasteiger partial charge in [0.05, 0.1) is 12.5 Å². The Kier molecular flexibility index (Phi) is 9.19. The number of nitrogens with zero attached hydrogens (tertiary/aromatic N) is 1. The number of aliphatic carboxylic acids is 1. The Hall–Kier alpha value is -1.79. The van der Waals surface area contributed by atoms with Crippen LogP contribution in [0, 0.1) is 11.8 Å². The van der Waals surface area contributed by atoms with Crippen LogP contribution in [0.5, 0.6) is 0 Å². The van der Waals surface area contributed by atoms with Crippen molar-refractivity contribution in [3.8, 4) is 0 Å². The third-order valence-corrected chi connectivity index (χ3v) is 4.19. The van der Waals surface area contributed by atoms with Crippen molar-refractivity contribution in [3.63, 3.8) is 0 Å². The van der Waals surface area contributed by atoms with E-state index in [1.807, 2.05) is 6.92 Å². The van der Waals surface area contributed by atoms with Crippen molar-refractivity contribution in [2.45, 2.75) is 52.4 Å². The molecule has 1 fully saturated rings. The van der Waals surface area contributed by atoms with Crippen molar-refractivity contribution in [3.05, 3.63) is 0 Å². The Morgan fingerprint density at radius 1 is 1.17 bits per heavy atom. The maximum absolute atomic E-state index is 12.1. The van der Waals surface area contributed by atoms with Gasteiger partial charge in [-0.2, -0.15) is 0 Å². The first-order valence-corrected chi connectivity index (χ1v) is 8.85. The molecule has 2 amide bonds. The number of hydrogen-bond donors (Lipinski definition) is 2. The van der Waals surface area contributed by atoms with Crippen LogP contribution < -0.4 is 5.32 Å². The smallest absolute Gasteiger partial charge is 0.317 e. The second-order valence-electron chi connectivity index (χ2n) is 6.48. The number of rotatable bonds is 9. The molecule has 0 spiro atoms. The van der Waals surface area contributed by atoms with Gasteiger partial charge in [0.15, 0.2) is 0 Å². The molecule has 0 radical (unpaired) electrons. The maximum Gasteiger partial charge on any atom is 0.317 e. The van der Waals surface area contributed by atoms with E-state index in [4.69, 9.17) is 9.84 Å². The van der Waals surface area contributed by atoms with Gasteiger partial charge in [-0.05, 0) is 32.1 Å². The van der Waals surface area contributed by atoms with Crippen molar-refractivity contribution < 1.29 is 24.2 Å². The number of amides is 2. The normalized spacial score (nSPS) is 20.5. The first-order chi connectivity index (χ1) is 11.4. The Morgan fingerprint density at radius 3 is 2.54 bits per heavy atom. The van der Waals surface area contributed by atoms with Gasteiger partial charge in [-0.15, -0.1) is 0 Å². The molecule has 2 atom stereocenters. The van der Waals surface area contributed by atoms with Crippen LogP contribution in [0.3, 0.4) is 0 Å². The summed E-state index contributed by atoms with van der Waals surface area (Å²) in [5.41, 5.74) is 0. The number of carboxylic acid groups (broad SMARTS) is 1. The minimum Gasteiger partial charge on any atom is -0.481 e. The van der Waals surface area contributed by atoms with Gasteiger partial charge in [0.1, 0.15) is 0 Å². The van der Waals surface area contributed by atoms with E-state index in [0.29, 0.717) is 32.5 Å². The molecule has 1 saturated heterocycles. The predicted molar refractivity (Wildman–Crippen MR) is 89.6 cm³/mol. The molecule has 7 nitrogen and oxygen atoms in total. The zero-order valence-corrected chi connectivity index (χ0v) is 14.8. The van der Waals surface area contributed by atoms with Gasteiger partial charge < -0.3 is 20.1 Å². The van der Waals surface area contributed by atoms with E-state index in [0.717, 1.165) is 25.7 Å². The molecule has 1 heterocycles. The molecule has 0 aromatic carbocycles. The quantitative estimate of drug-likeness (QED) is 0.495. The highest BCUT2D eigenvalue weighted by Crippen LogP contribution is 2.21. The summed E-state index contributed by atoms with van der Waals surface area (Å²) in [6.07, 6.45) is 4.59. The number of carbonyl (C=O) groups excluding carboxylic acids is 2. The lowest BCUT2D eigenvalue weighted by Gasteiger charge is -2.34. The Bertz CT molecular complexity index is 427. The van der Waals surface area contributed by atoms with Crippen LogP contribution in [0.25, 0.3) is 0 Å². The number of likely N-dealkylation sites (tertiary alicyclic amines) is 1. The summed E-state index contributed by atoms with van der Waals surface area (Å²) < 4.78 is 4.86. The van der Waals surface area contributed by atoms with Crippen molar-refractivity contribution in [1.82, 2.24) is 10.2 Å². The molecule has 1 aliphatic rings. The number of carboxylic acids is 1. The van der Waals surface area contributed by atoms with Gasteiger partial charge in [-0.25, -0.2) is 4.79 Å². The van der Waals surface area contributed by atoms with Crippen LogP contribution in [0.4, 0.5) is 4.79 Å². The van der Waals surface area contributed by atoms with E-state index in [-0.39, 0.29) is 24.5 Å². The van der Waals surface area contributed by atoms with E-state index >= 15 is 0 Å². The highest BCUT2D eigenvalue weighted by atomic mass is 16.5. The molecule has 0 aromatic heterocycles. The zero-order valence-electron chi connectivity index (χ0n) is 14.8. The van der Waals surface area contributed by atoms with Crippen LogP contribution in [0.1, 0.15) is 52.4 Å². The average molecular weight is 342 g/mol. The standard InChI is InChI=1S/C17H30N2O5/c1-3-24-15(20)8-6-4-5-7-9-18-17(23)19-11-13(2)10-14(12-19)16(21)22/h13-14H,3-12H2,1-2H3,(H,18,23)(H,21,22). The van der Waals surface area contributed by atoms with Gasteiger partial charge in [-0.3, -0.25) is 9.59 Å². The van der Waals surface area contributed by atoms with Crippen LogP contribution in [-0.2, 0) is 14.3 Å². The average Bonchev–Trinajstić information content (AvgIpc) is 2.53. The molecule has 0 aliphatic carbocycles. The number of esters is 1. The van der Waals surface area contributed by atoms with Gasteiger partial charge in [0.2, 0.25) is 0 Å². The van der Waals surface area contributed by atoms with Gasteiger partial charge in [0.25, 0.3) is 0 Å². The van der Waals surface area contributed by atoms with Crippen LogP contribution in [0.15, 0.2) is 0 Å². The summed E-state index contributed by atoms with van der Waals surface area (Å²) in [6, 6.07) is -0.181. The first kappa shape index (κ1) is 20.3. The minimum atomic E-state index is -0.832.